The number of nitrogens with zero attached hydrogens (tertiary/aromatic N) is 5. The molecule has 1 aromatic carbocycles. The zero-order chi connectivity index (χ0) is 16.2. The highest BCUT2D eigenvalue weighted by Crippen LogP contribution is 2.24. The van der Waals surface area contributed by atoms with E-state index in [1.165, 1.54) is 18.7 Å². The Hall–Kier alpha value is -2.82. The summed E-state index contributed by atoms with van der Waals surface area (Å²) >= 11 is 0. The van der Waals surface area contributed by atoms with Gasteiger partial charge >= 0.3 is 0 Å². The van der Waals surface area contributed by atoms with Crippen LogP contribution in [0.25, 0.3) is 11.3 Å². The van der Waals surface area contributed by atoms with Crippen LogP contribution in [0.4, 0.5) is 5.69 Å². The van der Waals surface area contributed by atoms with E-state index in [4.69, 9.17) is 4.98 Å². The maximum Gasteiger partial charge on any atom is 0.109 e. The van der Waals surface area contributed by atoms with E-state index in [-0.39, 0.29) is 0 Å². The molecule has 0 N–H and O–H groups in total. The summed E-state index contributed by atoms with van der Waals surface area (Å²) in [5.41, 5.74) is 4.14. The van der Waals surface area contributed by atoms with Crippen LogP contribution in [0.15, 0.2) is 65.2 Å². The van der Waals surface area contributed by atoms with Gasteiger partial charge in [-0.3, -0.25) is 4.98 Å². The molecule has 0 saturated carbocycles. The fourth-order valence-corrected chi connectivity index (χ4v) is 2.94. The van der Waals surface area contributed by atoms with Gasteiger partial charge < -0.3 is 4.57 Å². The van der Waals surface area contributed by atoms with Gasteiger partial charge in [-0.1, -0.05) is 12.1 Å². The summed E-state index contributed by atoms with van der Waals surface area (Å²) in [5.74, 6) is 1.21. The summed E-state index contributed by atoms with van der Waals surface area (Å²) in [7, 11) is 0. The maximum absolute atomic E-state index is 4.76. The molecule has 5 heteroatoms. The van der Waals surface area contributed by atoms with Crippen LogP contribution in [-0.4, -0.2) is 14.5 Å². The topological polar surface area (TPSA) is 55.4 Å². The Labute approximate surface area is 141 Å². The van der Waals surface area contributed by atoms with E-state index in [2.05, 4.69) is 38.1 Å². The fourth-order valence-electron chi connectivity index (χ4n) is 2.94. The first-order valence-corrected chi connectivity index (χ1v) is 8.31. The highest BCUT2D eigenvalue weighted by molar-refractivity contribution is 5.61. The Morgan fingerprint density at radius 2 is 1.83 bits per heavy atom. The van der Waals surface area contributed by atoms with Crippen molar-refractivity contribution >= 4 is 5.69 Å². The highest BCUT2D eigenvalue weighted by atomic mass is 15.1. The van der Waals surface area contributed by atoms with Crippen LogP contribution in [0, 0.1) is 0 Å². The summed E-state index contributed by atoms with van der Waals surface area (Å²) in [6.45, 7) is 1.65. The van der Waals surface area contributed by atoms with Crippen LogP contribution in [0.1, 0.15) is 24.2 Å². The number of hydrogen-bond acceptors (Lipinski definition) is 4. The van der Waals surface area contributed by atoms with Crippen molar-refractivity contribution in [2.24, 2.45) is 10.2 Å². The molecular weight excluding hydrogens is 298 g/mol. The summed E-state index contributed by atoms with van der Waals surface area (Å²) in [5, 5.41) is 8.53. The summed E-state index contributed by atoms with van der Waals surface area (Å²) in [6.07, 6.45) is 9.27. The quantitative estimate of drug-likeness (QED) is 0.662. The van der Waals surface area contributed by atoms with Crippen LogP contribution < -0.4 is 0 Å². The number of imidazole rings is 1. The normalized spacial score (nSPS) is 14.0. The van der Waals surface area contributed by atoms with Gasteiger partial charge in [-0.05, 0) is 42.7 Å². The van der Waals surface area contributed by atoms with Crippen molar-refractivity contribution in [3.05, 3.63) is 66.4 Å². The molecule has 5 nitrogen and oxygen atoms in total. The third-order valence-corrected chi connectivity index (χ3v) is 4.26. The van der Waals surface area contributed by atoms with Gasteiger partial charge in [0.2, 0.25) is 0 Å². The van der Waals surface area contributed by atoms with E-state index in [0.717, 1.165) is 35.5 Å². The molecule has 3 aromatic rings. The molecule has 4 rings (SSSR count). The van der Waals surface area contributed by atoms with Crippen molar-refractivity contribution in [2.75, 3.05) is 0 Å². The Balaban J connectivity index is 1.45. The minimum Gasteiger partial charge on any atom is -0.334 e. The molecule has 0 fully saturated rings. The molecule has 1 aliphatic heterocycles. The average Bonchev–Trinajstić information content (AvgIpc) is 3.07. The molecule has 0 bridgehead atoms. The summed E-state index contributed by atoms with van der Waals surface area (Å²) < 4.78 is 2.28. The van der Waals surface area contributed by atoms with Crippen LogP contribution >= 0.6 is 0 Å². The number of rotatable bonds is 4. The zero-order valence-corrected chi connectivity index (χ0v) is 13.5. The largest absolute Gasteiger partial charge is 0.334 e. The van der Waals surface area contributed by atoms with Crippen LogP contribution in [0.5, 0.6) is 0 Å². The molecular formula is C19H19N5. The lowest BCUT2D eigenvalue weighted by Gasteiger charge is -2.11. The van der Waals surface area contributed by atoms with Gasteiger partial charge in [-0.15, -0.1) is 0 Å². The number of aryl methyl sites for hydroxylation is 2. The first-order chi connectivity index (χ1) is 11.9. The zero-order valence-electron chi connectivity index (χ0n) is 13.5. The second-order valence-electron chi connectivity index (χ2n) is 5.99. The lowest BCUT2D eigenvalue weighted by atomic mass is 10.1. The van der Waals surface area contributed by atoms with Gasteiger partial charge in [0.25, 0.3) is 0 Å². The molecule has 2 aromatic heterocycles. The van der Waals surface area contributed by atoms with Crippen molar-refractivity contribution in [1.82, 2.24) is 14.5 Å². The number of hydrogen-bond donors (Lipinski definition) is 0. The minimum atomic E-state index is 0.567. The standard InChI is InChI=1S/C19H19N5/c1-2-12-24-14-18(22-19(24)3-1)16-4-6-17(7-5-16)23-21-13-15-8-10-20-11-9-15/h4-11,14H,1-3,12-13H2. The third-order valence-electron chi connectivity index (χ3n) is 4.26. The van der Waals surface area contributed by atoms with E-state index in [9.17, 15) is 0 Å². The average molecular weight is 317 g/mol. The predicted molar refractivity (Wildman–Crippen MR) is 93.1 cm³/mol. The van der Waals surface area contributed by atoms with Crippen LogP contribution in [0.2, 0.25) is 0 Å². The van der Waals surface area contributed by atoms with Crippen LogP contribution in [-0.2, 0) is 19.5 Å². The summed E-state index contributed by atoms with van der Waals surface area (Å²) in [4.78, 5) is 8.75. The predicted octanol–water partition coefficient (Wildman–Crippen LogP) is 4.57. The van der Waals surface area contributed by atoms with E-state index in [1.807, 2.05) is 24.3 Å². The Kier molecular flexibility index (Phi) is 4.14. The van der Waals surface area contributed by atoms with Crippen molar-refractivity contribution in [1.29, 1.82) is 0 Å². The molecule has 24 heavy (non-hydrogen) atoms. The van der Waals surface area contributed by atoms with Gasteiger partial charge in [0.05, 0.1) is 17.9 Å². The molecule has 3 heterocycles. The molecule has 0 unspecified atom stereocenters. The number of fused-ring (bicyclic) bond motifs is 1. The van der Waals surface area contributed by atoms with Crippen molar-refractivity contribution in [3.8, 4) is 11.3 Å². The third kappa shape index (κ3) is 3.25. The van der Waals surface area contributed by atoms with Gasteiger partial charge in [0, 0.05) is 37.1 Å². The van der Waals surface area contributed by atoms with Gasteiger partial charge in [-0.2, -0.15) is 10.2 Å². The smallest absolute Gasteiger partial charge is 0.109 e. The van der Waals surface area contributed by atoms with Crippen LogP contribution in [0.3, 0.4) is 0 Å². The minimum absolute atomic E-state index is 0.567. The van der Waals surface area contributed by atoms with E-state index >= 15 is 0 Å². The lowest BCUT2D eigenvalue weighted by Crippen LogP contribution is -2.08. The SMILES string of the molecule is c1cc(CN=Nc2ccc(-c3cn4c(n3)CCCC4)cc2)ccn1. The Morgan fingerprint density at radius 3 is 2.62 bits per heavy atom. The first kappa shape index (κ1) is 14.8. The molecule has 0 spiro atoms. The number of pyridine rings is 1. The molecule has 0 radical (unpaired) electrons. The number of azo groups is 1. The Morgan fingerprint density at radius 1 is 1.00 bits per heavy atom. The first-order valence-electron chi connectivity index (χ1n) is 8.31. The summed E-state index contributed by atoms with van der Waals surface area (Å²) in [6, 6.07) is 12.0. The van der Waals surface area contributed by atoms with Crippen molar-refractivity contribution < 1.29 is 0 Å². The molecule has 0 aliphatic carbocycles. The number of benzene rings is 1. The Bertz CT molecular complexity index is 810. The number of aromatic nitrogens is 3. The van der Waals surface area contributed by atoms with Crippen molar-refractivity contribution in [2.45, 2.75) is 32.4 Å². The van der Waals surface area contributed by atoms with Gasteiger partial charge in [0.15, 0.2) is 0 Å². The molecule has 0 saturated heterocycles. The van der Waals surface area contributed by atoms with Crippen molar-refractivity contribution in [3.63, 3.8) is 0 Å². The lowest BCUT2D eigenvalue weighted by molar-refractivity contribution is 0.522. The van der Waals surface area contributed by atoms with E-state index in [0.29, 0.717) is 6.54 Å². The van der Waals surface area contributed by atoms with E-state index < -0.39 is 0 Å². The second kappa shape index (κ2) is 6.74. The highest BCUT2D eigenvalue weighted by Gasteiger charge is 2.12. The fraction of sp³-hybridized carbons (Fsp3) is 0.263. The molecule has 120 valence electrons. The van der Waals surface area contributed by atoms with E-state index in [1.54, 1.807) is 12.4 Å². The molecule has 0 atom stereocenters. The van der Waals surface area contributed by atoms with Gasteiger partial charge in [-0.25, -0.2) is 4.98 Å². The monoisotopic (exact) mass is 317 g/mol. The second-order valence-corrected chi connectivity index (χ2v) is 5.99. The maximum atomic E-state index is 4.76. The molecule has 1 aliphatic rings. The molecule has 0 amide bonds. The van der Waals surface area contributed by atoms with Gasteiger partial charge in [0.1, 0.15) is 5.82 Å².